The molecule has 1 heterocycles. The van der Waals surface area contributed by atoms with E-state index in [1.54, 1.807) is 0 Å². The maximum absolute atomic E-state index is 6.03. The maximum Gasteiger partial charge on any atom is 0.120 e. The summed E-state index contributed by atoms with van der Waals surface area (Å²) in [6.45, 7) is 4.19. The van der Waals surface area contributed by atoms with E-state index in [4.69, 9.17) is 10.2 Å². The molecule has 1 aromatic rings. The van der Waals surface area contributed by atoms with Crippen molar-refractivity contribution in [2.75, 3.05) is 0 Å². The van der Waals surface area contributed by atoms with Crippen molar-refractivity contribution in [1.82, 2.24) is 0 Å². The summed E-state index contributed by atoms with van der Waals surface area (Å²) in [6, 6.07) is 4.05. The van der Waals surface area contributed by atoms with Crippen molar-refractivity contribution in [3.8, 4) is 0 Å². The summed E-state index contributed by atoms with van der Waals surface area (Å²) in [6.07, 6.45) is 7.51. The molecule has 1 rings (SSSR count). The third-order valence-corrected chi connectivity index (χ3v) is 2.75. The van der Waals surface area contributed by atoms with Crippen LogP contribution in [0.3, 0.4) is 0 Å². The molecule has 15 heavy (non-hydrogen) atoms. The first-order valence-electron chi connectivity index (χ1n) is 6.06. The van der Waals surface area contributed by atoms with Crippen molar-refractivity contribution < 1.29 is 4.42 Å². The van der Waals surface area contributed by atoms with Crippen molar-refractivity contribution >= 4 is 0 Å². The zero-order chi connectivity index (χ0) is 11.1. The van der Waals surface area contributed by atoms with Crippen molar-refractivity contribution in [3.05, 3.63) is 23.7 Å². The Morgan fingerprint density at radius 2 is 1.93 bits per heavy atom. The number of hydrogen-bond acceptors (Lipinski definition) is 2. The average Bonchev–Trinajstić information content (AvgIpc) is 2.64. The third kappa shape index (κ3) is 4.52. The second-order valence-corrected chi connectivity index (χ2v) is 4.26. The van der Waals surface area contributed by atoms with Crippen LogP contribution in [0.5, 0.6) is 0 Å². The molecule has 1 atom stereocenters. The van der Waals surface area contributed by atoms with Gasteiger partial charge in [0, 0.05) is 0 Å². The van der Waals surface area contributed by atoms with Crippen LogP contribution in [0.1, 0.15) is 63.0 Å². The molecule has 86 valence electrons. The number of unbranched alkanes of at least 4 members (excludes halogenated alkanes) is 4. The predicted octanol–water partition coefficient (Wildman–Crippen LogP) is 3.95. The number of rotatable bonds is 7. The highest BCUT2D eigenvalue weighted by molar-refractivity contribution is 5.08. The Balaban J connectivity index is 2.16. The summed E-state index contributed by atoms with van der Waals surface area (Å²) in [5, 5.41) is 0. The van der Waals surface area contributed by atoms with Gasteiger partial charge in [0.1, 0.15) is 11.5 Å². The minimum absolute atomic E-state index is 0.0836. The SMILES string of the molecule is CCCCCCC[C@H](N)c1ccc(C)o1. The summed E-state index contributed by atoms with van der Waals surface area (Å²) in [7, 11) is 0. The first kappa shape index (κ1) is 12.3. The van der Waals surface area contributed by atoms with E-state index in [0.717, 1.165) is 17.9 Å². The van der Waals surface area contributed by atoms with Gasteiger partial charge in [0.15, 0.2) is 0 Å². The first-order valence-corrected chi connectivity index (χ1v) is 6.06. The lowest BCUT2D eigenvalue weighted by Crippen LogP contribution is -2.08. The molecule has 0 aromatic carbocycles. The molecule has 0 amide bonds. The highest BCUT2D eigenvalue weighted by Gasteiger charge is 2.08. The zero-order valence-corrected chi connectivity index (χ0v) is 9.96. The van der Waals surface area contributed by atoms with Gasteiger partial charge in [-0.2, -0.15) is 0 Å². The van der Waals surface area contributed by atoms with E-state index in [-0.39, 0.29) is 6.04 Å². The molecule has 2 nitrogen and oxygen atoms in total. The van der Waals surface area contributed by atoms with E-state index >= 15 is 0 Å². The van der Waals surface area contributed by atoms with Crippen molar-refractivity contribution in [2.24, 2.45) is 5.73 Å². The largest absolute Gasteiger partial charge is 0.465 e. The molecule has 0 unspecified atom stereocenters. The molecule has 2 N–H and O–H groups in total. The molecule has 0 bridgehead atoms. The average molecular weight is 209 g/mol. The smallest absolute Gasteiger partial charge is 0.120 e. The minimum Gasteiger partial charge on any atom is -0.465 e. The first-order chi connectivity index (χ1) is 7.24. The topological polar surface area (TPSA) is 39.2 Å². The Labute approximate surface area is 92.9 Å². The van der Waals surface area contributed by atoms with Crippen LogP contribution in [0.15, 0.2) is 16.5 Å². The highest BCUT2D eigenvalue weighted by Crippen LogP contribution is 2.19. The summed E-state index contributed by atoms with van der Waals surface area (Å²) >= 11 is 0. The molecular formula is C13H23NO. The van der Waals surface area contributed by atoms with E-state index in [1.807, 2.05) is 19.1 Å². The van der Waals surface area contributed by atoms with Gasteiger partial charge in [0.25, 0.3) is 0 Å². The van der Waals surface area contributed by atoms with Crippen LogP contribution >= 0.6 is 0 Å². The molecule has 0 fully saturated rings. The van der Waals surface area contributed by atoms with Gasteiger partial charge in [-0.3, -0.25) is 0 Å². The van der Waals surface area contributed by atoms with Crippen LogP contribution in [-0.2, 0) is 0 Å². The van der Waals surface area contributed by atoms with Crippen molar-refractivity contribution in [2.45, 2.75) is 58.4 Å². The Kier molecular flexibility index (Phi) is 5.48. The normalized spacial score (nSPS) is 13.0. The quantitative estimate of drug-likeness (QED) is 0.691. The summed E-state index contributed by atoms with van der Waals surface area (Å²) in [4.78, 5) is 0. The molecule has 0 aliphatic carbocycles. The van der Waals surface area contributed by atoms with Crippen molar-refractivity contribution in [1.29, 1.82) is 0 Å². The second kappa shape index (κ2) is 6.67. The van der Waals surface area contributed by atoms with Crippen LogP contribution in [0.4, 0.5) is 0 Å². The predicted molar refractivity (Wildman–Crippen MR) is 63.7 cm³/mol. The van der Waals surface area contributed by atoms with E-state index in [0.29, 0.717) is 0 Å². The summed E-state index contributed by atoms with van der Waals surface area (Å²) < 4.78 is 5.50. The third-order valence-electron chi connectivity index (χ3n) is 2.75. The Hall–Kier alpha value is -0.760. The molecule has 0 radical (unpaired) electrons. The van der Waals surface area contributed by atoms with Crippen LogP contribution in [0.2, 0.25) is 0 Å². The summed E-state index contributed by atoms with van der Waals surface area (Å²) in [5.41, 5.74) is 6.03. The van der Waals surface area contributed by atoms with Gasteiger partial charge in [0.05, 0.1) is 6.04 Å². The minimum atomic E-state index is 0.0836. The summed E-state index contributed by atoms with van der Waals surface area (Å²) in [5.74, 6) is 1.88. The molecule has 0 aliphatic rings. The van der Waals surface area contributed by atoms with Gasteiger partial charge in [-0.25, -0.2) is 0 Å². The molecule has 1 aromatic heterocycles. The molecule has 0 saturated heterocycles. The molecule has 2 heteroatoms. The zero-order valence-electron chi connectivity index (χ0n) is 9.96. The van der Waals surface area contributed by atoms with Crippen LogP contribution in [-0.4, -0.2) is 0 Å². The lowest BCUT2D eigenvalue weighted by Gasteiger charge is -2.08. The number of nitrogens with two attached hydrogens (primary N) is 1. The lowest BCUT2D eigenvalue weighted by atomic mass is 10.1. The van der Waals surface area contributed by atoms with Gasteiger partial charge in [0.2, 0.25) is 0 Å². The van der Waals surface area contributed by atoms with E-state index in [2.05, 4.69) is 6.92 Å². The van der Waals surface area contributed by atoms with Gasteiger partial charge >= 0.3 is 0 Å². The Morgan fingerprint density at radius 1 is 1.20 bits per heavy atom. The van der Waals surface area contributed by atoms with Crippen molar-refractivity contribution in [3.63, 3.8) is 0 Å². The fraction of sp³-hybridized carbons (Fsp3) is 0.692. The van der Waals surface area contributed by atoms with Gasteiger partial charge in [-0.1, -0.05) is 39.0 Å². The monoisotopic (exact) mass is 209 g/mol. The number of furan rings is 1. The van der Waals surface area contributed by atoms with Gasteiger partial charge < -0.3 is 10.2 Å². The Bertz CT molecular complexity index is 267. The fourth-order valence-corrected chi connectivity index (χ4v) is 1.76. The Morgan fingerprint density at radius 3 is 2.53 bits per heavy atom. The molecular weight excluding hydrogens is 186 g/mol. The van der Waals surface area contributed by atoms with Gasteiger partial charge in [-0.05, 0) is 25.5 Å². The fourth-order valence-electron chi connectivity index (χ4n) is 1.76. The standard InChI is InChI=1S/C13H23NO/c1-3-4-5-6-7-8-12(14)13-10-9-11(2)15-13/h9-10,12H,3-8,14H2,1-2H3/t12-/m0/s1. The molecule has 0 spiro atoms. The van der Waals surface area contributed by atoms with E-state index in [1.165, 1.54) is 32.1 Å². The second-order valence-electron chi connectivity index (χ2n) is 4.26. The van der Waals surface area contributed by atoms with E-state index in [9.17, 15) is 0 Å². The lowest BCUT2D eigenvalue weighted by molar-refractivity contribution is 0.424. The van der Waals surface area contributed by atoms with Crippen LogP contribution in [0.25, 0.3) is 0 Å². The number of hydrogen-bond donors (Lipinski definition) is 1. The van der Waals surface area contributed by atoms with E-state index < -0.39 is 0 Å². The van der Waals surface area contributed by atoms with Crippen LogP contribution < -0.4 is 5.73 Å². The van der Waals surface area contributed by atoms with Crippen LogP contribution in [0, 0.1) is 6.92 Å². The molecule has 0 saturated carbocycles. The van der Waals surface area contributed by atoms with Gasteiger partial charge in [-0.15, -0.1) is 0 Å². The number of aryl methyl sites for hydroxylation is 1. The highest BCUT2D eigenvalue weighted by atomic mass is 16.3. The molecule has 0 aliphatic heterocycles. The maximum atomic E-state index is 6.03.